The molecule has 4 nitrogen and oxygen atoms in total. The Morgan fingerprint density at radius 2 is 1.85 bits per heavy atom. The average molecular weight is 399 g/mol. The van der Waals surface area contributed by atoms with Gasteiger partial charge in [-0.15, -0.1) is 0 Å². The third kappa shape index (κ3) is 4.70. The van der Waals surface area contributed by atoms with Crippen molar-refractivity contribution < 1.29 is 14.3 Å². The van der Waals surface area contributed by atoms with Crippen molar-refractivity contribution >= 4 is 50.7 Å². The lowest BCUT2D eigenvalue weighted by Gasteiger charge is -2.02. The predicted molar refractivity (Wildman–Crippen MR) is 109 cm³/mol. The molecule has 0 aliphatic rings. The van der Waals surface area contributed by atoms with Gasteiger partial charge in [0.2, 0.25) is 4.74 Å². The van der Waals surface area contributed by atoms with Crippen LogP contribution < -0.4 is 9.48 Å². The van der Waals surface area contributed by atoms with Gasteiger partial charge < -0.3 is 4.74 Å². The number of halogens is 1. The number of ether oxygens (including phenoxy) is 1. The van der Waals surface area contributed by atoms with Crippen LogP contribution in [0.2, 0.25) is 5.02 Å². The summed E-state index contributed by atoms with van der Waals surface area (Å²) < 4.78 is 5.40. The summed E-state index contributed by atoms with van der Waals surface area (Å²) in [5, 5.41) is 1.27. The Morgan fingerprint density at radius 1 is 1.11 bits per heavy atom. The fourth-order valence-corrected chi connectivity index (χ4v) is 3.65. The van der Waals surface area contributed by atoms with Gasteiger partial charge in [0.1, 0.15) is 5.75 Å². The molecule has 1 aromatic heterocycles. The standard InChI is InChI=1S/C21H15ClO4S/c1-26-17-8-3-13(4-9-17)2-7-16(23)12-19(24)18-10-14-5-6-15(22)11-20(14)27-21(18)25/h2-11H,12H2,1H3. The molecule has 0 fully saturated rings. The van der Waals surface area contributed by atoms with Crippen molar-refractivity contribution in [2.75, 3.05) is 7.11 Å². The van der Waals surface area contributed by atoms with Gasteiger partial charge in [-0.1, -0.05) is 47.2 Å². The lowest BCUT2D eigenvalue weighted by molar-refractivity contribution is -0.113. The molecule has 3 aromatic rings. The number of Topliss-reactive ketones (excluding diaryl/α,β-unsaturated/α-hetero) is 1. The van der Waals surface area contributed by atoms with Gasteiger partial charge in [0, 0.05) is 9.72 Å². The zero-order valence-corrected chi connectivity index (χ0v) is 16.0. The van der Waals surface area contributed by atoms with E-state index in [-0.39, 0.29) is 22.5 Å². The number of methoxy groups -OCH3 is 1. The van der Waals surface area contributed by atoms with Crippen LogP contribution in [0.4, 0.5) is 0 Å². The molecule has 0 N–H and O–H groups in total. The molecule has 0 spiro atoms. The van der Waals surface area contributed by atoms with Crippen molar-refractivity contribution in [2.24, 2.45) is 0 Å². The smallest absolute Gasteiger partial charge is 0.243 e. The summed E-state index contributed by atoms with van der Waals surface area (Å²) in [6.45, 7) is 0. The Labute approximate surface area is 164 Å². The van der Waals surface area contributed by atoms with Crippen LogP contribution in [0.25, 0.3) is 16.2 Å². The normalized spacial score (nSPS) is 11.0. The third-order valence-corrected chi connectivity index (χ3v) is 5.12. The van der Waals surface area contributed by atoms with Crippen molar-refractivity contribution in [2.45, 2.75) is 6.42 Å². The van der Waals surface area contributed by atoms with Gasteiger partial charge in [0.25, 0.3) is 0 Å². The van der Waals surface area contributed by atoms with Crippen molar-refractivity contribution in [1.82, 2.24) is 0 Å². The van der Waals surface area contributed by atoms with Crippen LogP contribution in [0, 0.1) is 0 Å². The number of benzene rings is 2. The SMILES string of the molecule is COc1ccc(C=CC(=O)CC(=O)c2cc3ccc(Cl)cc3sc2=O)cc1. The van der Waals surface area contributed by atoms with E-state index in [1.54, 1.807) is 55.7 Å². The number of hydrogen-bond donors (Lipinski definition) is 0. The van der Waals surface area contributed by atoms with E-state index < -0.39 is 5.78 Å². The lowest BCUT2D eigenvalue weighted by atomic mass is 10.1. The molecular weight excluding hydrogens is 384 g/mol. The molecular formula is C21H15ClO4S. The predicted octanol–water partition coefficient (Wildman–Crippen LogP) is 4.78. The molecule has 0 bridgehead atoms. The molecule has 0 saturated carbocycles. The van der Waals surface area contributed by atoms with E-state index in [1.165, 1.54) is 12.1 Å². The molecule has 0 unspecified atom stereocenters. The molecule has 3 rings (SSSR count). The second-order valence-corrected chi connectivity index (χ2v) is 7.25. The summed E-state index contributed by atoms with van der Waals surface area (Å²) in [7, 11) is 1.58. The molecule has 27 heavy (non-hydrogen) atoms. The van der Waals surface area contributed by atoms with Crippen molar-refractivity contribution in [1.29, 1.82) is 0 Å². The Bertz CT molecular complexity index is 1100. The largest absolute Gasteiger partial charge is 0.497 e. The number of rotatable bonds is 6. The number of fused-ring (bicyclic) bond motifs is 1. The average Bonchev–Trinajstić information content (AvgIpc) is 2.66. The summed E-state index contributed by atoms with van der Waals surface area (Å²) in [6.07, 6.45) is 2.61. The Balaban J connectivity index is 1.74. The minimum Gasteiger partial charge on any atom is -0.497 e. The second-order valence-electron chi connectivity index (χ2n) is 5.80. The van der Waals surface area contributed by atoms with Crippen molar-refractivity contribution in [3.05, 3.63) is 80.3 Å². The first kappa shape index (κ1) is 19.0. The Morgan fingerprint density at radius 3 is 2.56 bits per heavy atom. The van der Waals surface area contributed by atoms with E-state index in [0.29, 0.717) is 9.72 Å². The maximum Gasteiger partial charge on any atom is 0.243 e. The molecule has 6 heteroatoms. The molecule has 0 radical (unpaired) electrons. The first-order valence-corrected chi connectivity index (χ1v) is 9.27. The number of hydrogen-bond acceptors (Lipinski definition) is 5. The van der Waals surface area contributed by atoms with Gasteiger partial charge in [-0.2, -0.15) is 0 Å². The summed E-state index contributed by atoms with van der Waals surface area (Å²) in [5.74, 6) is -0.135. The van der Waals surface area contributed by atoms with Gasteiger partial charge >= 0.3 is 0 Å². The van der Waals surface area contributed by atoms with Crippen LogP contribution in [0.15, 0.2) is 59.4 Å². The molecule has 0 saturated heterocycles. The van der Waals surface area contributed by atoms with Crippen molar-refractivity contribution in [3.63, 3.8) is 0 Å². The molecule has 0 aliphatic carbocycles. The number of ketones is 2. The molecule has 1 heterocycles. The van der Waals surface area contributed by atoms with Gasteiger partial charge in [0.05, 0.1) is 19.1 Å². The first-order valence-electron chi connectivity index (χ1n) is 8.08. The van der Waals surface area contributed by atoms with E-state index in [0.717, 1.165) is 28.0 Å². The fraction of sp³-hybridized carbons (Fsp3) is 0.0952. The Kier molecular flexibility index (Phi) is 5.84. The fourth-order valence-electron chi connectivity index (χ4n) is 2.50. The highest BCUT2D eigenvalue weighted by Crippen LogP contribution is 2.22. The number of allylic oxidation sites excluding steroid dienone is 1. The van der Waals surface area contributed by atoms with E-state index in [9.17, 15) is 14.4 Å². The highest BCUT2D eigenvalue weighted by atomic mass is 35.5. The second kappa shape index (κ2) is 8.29. The minimum atomic E-state index is -0.488. The zero-order chi connectivity index (χ0) is 19.4. The molecule has 0 atom stereocenters. The topological polar surface area (TPSA) is 60.4 Å². The Hall–Kier alpha value is -2.76. The van der Waals surface area contributed by atoms with Crippen molar-refractivity contribution in [3.8, 4) is 5.75 Å². The van der Waals surface area contributed by atoms with Crippen LogP contribution in [0.1, 0.15) is 22.3 Å². The summed E-state index contributed by atoms with van der Waals surface area (Å²) in [5.41, 5.74) is 0.840. The van der Waals surface area contributed by atoms with Crippen LogP contribution in [0.3, 0.4) is 0 Å². The van der Waals surface area contributed by atoms with Crippen LogP contribution in [0.5, 0.6) is 5.75 Å². The summed E-state index contributed by atoms with van der Waals surface area (Å²) in [4.78, 5) is 36.7. The van der Waals surface area contributed by atoms with Gasteiger partial charge in [-0.05, 0) is 47.4 Å². The molecule has 136 valence electrons. The number of carbonyl (C=O) groups is 2. The van der Waals surface area contributed by atoms with Crippen LogP contribution in [-0.2, 0) is 4.79 Å². The number of carbonyl (C=O) groups excluding carboxylic acids is 2. The molecule has 0 aliphatic heterocycles. The summed E-state index contributed by atoms with van der Waals surface area (Å²) >= 11 is 6.87. The van der Waals surface area contributed by atoms with Gasteiger partial charge in [-0.25, -0.2) is 0 Å². The maximum atomic E-state index is 12.4. The minimum absolute atomic E-state index is 0.0287. The van der Waals surface area contributed by atoms with Crippen LogP contribution >= 0.6 is 22.9 Å². The maximum absolute atomic E-state index is 12.4. The molecule has 0 amide bonds. The van der Waals surface area contributed by atoms with Crippen LogP contribution in [-0.4, -0.2) is 18.7 Å². The monoisotopic (exact) mass is 398 g/mol. The van der Waals surface area contributed by atoms with E-state index in [2.05, 4.69) is 0 Å². The third-order valence-electron chi connectivity index (χ3n) is 3.91. The van der Waals surface area contributed by atoms with E-state index >= 15 is 0 Å². The van der Waals surface area contributed by atoms with E-state index in [1.807, 2.05) is 0 Å². The van der Waals surface area contributed by atoms with Gasteiger partial charge in [-0.3, -0.25) is 14.4 Å². The quantitative estimate of drug-likeness (QED) is 0.340. The van der Waals surface area contributed by atoms with E-state index in [4.69, 9.17) is 16.3 Å². The highest BCUT2D eigenvalue weighted by molar-refractivity contribution is 7.16. The highest BCUT2D eigenvalue weighted by Gasteiger charge is 2.15. The summed E-state index contributed by atoms with van der Waals surface area (Å²) in [6, 6.07) is 13.8. The molecule has 2 aromatic carbocycles. The lowest BCUT2D eigenvalue weighted by Crippen LogP contribution is -2.14. The first-order chi connectivity index (χ1) is 13.0. The zero-order valence-electron chi connectivity index (χ0n) is 14.4. The van der Waals surface area contributed by atoms with Gasteiger partial charge in [0.15, 0.2) is 11.6 Å².